The van der Waals surface area contributed by atoms with Gasteiger partial charge < -0.3 is 40.1 Å². The van der Waals surface area contributed by atoms with E-state index in [1.165, 1.54) is 0 Å². The van der Waals surface area contributed by atoms with Crippen LogP contribution in [0.4, 0.5) is 14.9 Å². The molecule has 0 radical (unpaired) electrons. The molecule has 7 rings (SSSR count). The number of ketones is 1. The molecule has 5 N–H and O–H groups in total. The predicted octanol–water partition coefficient (Wildman–Crippen LogP) is 6.76. The van der Waals surface area contributed by atoms with Gasteiger partial charge in [-0.05, 0) is 57.3 Å². The topological polar surface area (TPSA) is 191 Å². The summed E-state index contributed by atoms with van der Waals surface area (Å²) in [5.74, 6) is -2.21. The molecule has 5 heterocycles. The molecule has 1 fully saturated rings. The average molecular weight is 835 g/mol. The highest BCUT2D eigenvalue weighted by molar-refractivity contribution is 6.20. The van der Waals surface area contributed by atoms with Gasteiger partial charge >= 0.3 is 6.22 Å². The highest BCUT2D eigenvalue weighted by atomic mass is 19.1. The number of nitrogens with one attached hydrogen (secondary N) is 1. The normalized spacial score (nSPS) is 30.3. The number of benzene rings is 2. The fourth-order valence-electron chi connectivity index (χ4n) is 9.20. The number of ether oxygens (including phenoxy) is 2. The van der Waals surface area contributed by atoms with Crippen molar-refractivity contribution in [3.8, 4) is 17.2 Å². The first-order valence-corrected chi connectivity index (χ1v) is 21.1. The van der Waals surface area contributed by atoms with E-state index in [9.17, 15) is 34.1 Å². The van der Waals surface area contributed by atoms with Crippen LogP contribution in [0.15, 0.2) is 45.9 Å². The number of amides is 1. The number of carbonyl (C=O) groups excluding carboxylic acids is 3. The van der Waals surface area contributed by atoms with Gasteiger partial charge in [0.1, 0.15) is 28.6 Å². The highest BCUT2D eigenvalue weighted by Gasteiger charge is 2.48. The van der Waals surface area contributed by atoms with Crippen LogP contribution in [0, 0.1) is 36.5 Å². The molecule has 0 saturated carbocycles. The van der Waals surface area contributed by atoms with Crippen molar-refractivity contribution in [2.24, 2.45) is 39.6 Å². The number of nitrogens with zero attached hydrogens (tertiary/aromatic N) is 3. The molecule has 5 bridgehead atoms. The molecule has 13 nitrogen and oxygen atoms in total. The zero-order chi connectivity index (χ0) is 44.4. The summed E-state index contributed by atoms with van der Waals surface area (Å²) in [5.41, 5.74) is -1.57. The first-order chi connectivity index (χ1) is 28.3. The van der Waals surface area contributed by atoms with E-state index in [-0.39, 0.29) is 68.5 Å². The maximum absolute atomic E-state index is 14.7. The largest absolute Gasteiger partial charge is 0.507 e. The van der Waals surface area contributed by atoms with Crippen LogP contribution in [0.1, 0.15) is 103 Å². The summed E-state index contributed by atoms with van der Waals surface area (Å²) >= 11 is 0. The molecule has 2 aromatic carbocycles. The number of fused-ring (bicyclic) bond motifs is 13. The smallest absolute Gasteiger partial charge is 0.495 e. The van der Waals surface area contributed by atoms with Crippen molar-refractivity contribution in [2.75, 3.05) is 32.1 Å². The minimum absolute atomic E-state index is 0.00629. The van der Waals surface area contributed by atoms with E-state index in [2.05, 4.69) is 24.1 Å². The highest BCUT2D eigenvalue weighted by Crippen LogP contribution is 2.50. The monoisotopic (exact) mass is 834 g/mol. The third-order valence-electron chi connectivity index (χ3n) is 12.5. The predicted molar refractivity (Wildman–Crippen MR) is 228 cm³/mol. The lowest BCUT2D eigenvalue weighted by Gasteiger charge is -2.36. The number of phenolic OH excluding ortho intramolecular Hbond substituents is 2. The third-order valence-corrected chi connectivity index (χ3v) is 12.5. The molecule has 7 atom stereocenters. The first kappa shape index (κ1) is 46.4. The third kappa shape index (κ3) is 9.15. The summed E-state index contributed by atoms with van der Waals surface area (Å²) in [5, 5.41) is 45.8. The molecule has 0 aromatic heterocycles. The van der Waals surface area contributed by atoms with Gasteiger partial charge in [-0.25, -0.2) is 4.79 Å². The second-order valence-corrected chi connectivity index (χ2v) is 17.8. The first-order valence-electron chi connectivity index (χ1n) is 21.1. The minimum Gasteiger partial charge on any atom is -0.507 e. The summed E-state index contributed by atoms with van der Waals surface area (Å²) in [6.45, 7) is 19.1. The van der Waals surface area contributed by atoms with Gasteiger partial charge in [0, 0.05) is 68.4 Å². The van der Waals surface area contributed by atoms with Crippen LogP contribution in [-0.2, 0) is 9.53 Å². The number of rotatable bonds is 3. The van der Waals surface area contributed by atoms with Crippen LogP contribution in [0.2, 0.25) is 0 Å². The molecule has 60 heavy (non-hydrogen) atoms. The summed E-state index contributed by atoms with van der Waals surface area (Å²) in [6.07, 6.45) is 7.35. The molecule has 1 spiro atoms. The summed E-state index contributed by atoms with van der Waals surface area (Å²) in [7, 11) is 1.00. The number of anilines is 1. The number of aromatic hydroxyl groups is 2. The molecule has 5 aliphatic rings. The fourth-order valence-corrected chi connectivity index (χ4v) is 9.20. The van der Waals surface area contributed by atoms with Gasteiger partial charge in [-0.1, -0.05) is 71.9 Å². The quantitative estimate of drug-likeness (QED) is 0.125. The maximum Gasteiger partial charge on any atom is 0.495 e. The van der Waals surface area contributed by atoms with Crippen LogP contribution >= 0.6 is 0 Å². The summed E-state index contributed by atoms with van der Waals surface area (Å²) in [4.78, 5) is 52.8. The van der Waals surface area contributed by atoms with Crippen LogP contribution < -0.4 is 20.8 Å². The number of halogens is 1. The van der Waals surface area contributed by atoms with Gasteiger partial charge in [0.25, 0.3) is 5.91 Å². The van der Waals surface area contributed by atoms with Crippen molar-refractivity contribution >= 4 is 34.4 Å². The van der Waals surface area contributed by atoms with Gasteiger partial charge in [0.2, 0.25) is 5.78 Å². The average Bonchev–Trinajstić information content (AvgIpc) is 3.70. The molecule has 1 saturated heterocycles. The van der Waals surface area contributed by atoms with Crippen LogP contribution in [-0.4, -0.2) is 93.5 Å². The zero-order valence-corrected chi connectivity index (χ0v) is 36.6. The minimum atomic E-state index is -1.92. The Hall–Kier alpha value is -4.66. The Morgan fingerprint density at radius 2 is 1.67 bits per heavy atom. The number of aliphatic hydroxyl groups is 2. The zero-order valence-electron chi connectivity index (χ0n) is 36.6. The Bertz CT molecular complexity index is 2210. The number of piperidine rings is 1. The van der Waals surface area contributed by atoms with E-state index in [0.29, 0.717) is 42.5 Å². The van der Waals surface area contributed by atoms with Crippen molar-refractivity contribution in [1.82, 2.24) is 4.90 Å². The second kappa shape index (κ2) is 18.5. The molecule has 0 unspecified atom stereocenters. The number of Topliss-reactive ketones (excluding diaryl/α,β-unsaturated/α-hetero) is 1. The van der Waals surface area contributed by atoms with Crippen molar-refractivity contribution in [1.29, 1.82) is 0 Å². The standard InChI is InChI=1S/C45H59FN4O8.CH4O/c1-23(2)22-50-19-17-45(18-20-50)48-33-30-31-37(52)29(8)40-32(30)41(54)44(9,58-40)16-11-10-14-25(4)39(57-43(46)56)28(7)36(51)27(6)21-24(3)13-12-15-26(5)42(55)47-35(38(31)53)34(33)49-45;1-2/h10-13,15,23-25,27-28,36,39,51-53H,14,16-22H2,1-9H3,(H,47,55);2H,1H3/b11-10+,13-12+,26-15-;/t24-,25+,27+,28+,36+,39+,44+;/m0./s1. The van der Waals surface area contributed by atoms with Crippen molar-refractivity contribution in [3.63, 3.8) is 0 Å². The molecule has 14 heteroatoms. The van der Waals surface area contributed by atoms with Gasteiger partial charge in [-0.15, -0.1) is 4.39 Å². The second-order valence-electron chi connectivity index (χ2n) is 17.8. The van der Waals surface area contributed by atoms with E-state index < -0.39 is 53.2 Å². The lowest BCUT2D eigenvalue weighted by Crippen LogP contribution is -2.43. The number of hydrogen-bond acceptors (Lipinski definition) is 12. The van der Waals surface area contributed by atoms with Gasteiger partial charge in [-0.3, -0.25) is 19.6 Å². The Balaban J connectivity index is 0.00000336. The summed E-state index contributed by atoms with van der Waals surface area (Å²) in [6, 6.07) is 0. The van der Waals surface area contributed by atoms with E-state index >= 15 is 0 Å². The van der Waals surface area contributed by atoms with E-state index in [1.807, 2.05) is 32.9 Å². The summed E-state index contributed by atoms with van der Waals surface area (Å²) < 4.78 is 25.4. The van der Waals surface area contributed by atoms with E-state index in [1.54, 1.807) is 45.9 Å². The molecular formula is C46H63FN4O9. The van der Waals surface area contributed by atoms with E-state index in [0.717, 1.165) is 26.7 Å². The van der Waals surface area contributed by atoms with Crippen molar-refractivity contribution in [3.05, 3.63) is 57.8 Å². The molecule has 1 amide bonds. The SMILES string of the molecule is C/C1=C/C=C/[C@H](C)C[C@@H](C)[C@@H](O)[C@@H](C)[C@H](OC(=O)F)[C@H](C)C/C=C/C[C@@]2(C)Oc3c(C)c(O)c4c(O)c(c5c(c4c3C2=O)=NC2(CCN(CC(C)C)CC2)N=5)NC1=O.CO. The lowest BCUT2D eigenvalue weighted by molar-refractivity contribution is -0.112. The maximum atomic E-state index is 14.7. The van der Waals surface area contributed by atoms with Crippen LogP contribution in [0.25, 0.3) is 10.8 Å². The molecular weight excluding hydrogens is 772 g/mol. The number of aliphatic hydroxyl groups excluding tert-OH is 2. The van der Waals surface area contributed by atoms with Gasteiger partial charge in [0.05, 0.1) is 22.4 Å². The number of hydrogen-bond donors (Lipinski definition) is 5. The Morgan fingerprint density at radius 1 is 1.02 bits per heavy atom. The van der Waals surface area contributed by atoms with Crippen molar-refractivity contribution in [2.45, 2.75) is 118 Å². The Labute approximate surface area is 351 Å². The van der Waals surface area contributed by atoms with E-state index in [4.69, 9.17) is 24.6 Å². The fraction of sp³-hybridized carbons (Fsp3) is 0.587. The molecule has 5 aliphatic heterocycles. The molecule has 328 valence electrons. The molecule has 2 aromatic rings. The number of phenols is 2. The Morgan fingerprint density at radius 3 is 2.30 bits per heavy atom. The Kier molecular flexibility index (Phi) is 14.3. The number of likely N-dealkylation sites (tertiary alicyclic amines) is 1. The number of allylic oxidation sites excluding steroid dienone is 4. The molecule has 0 aliphatic carbocycles. The van der Waals surface area contributed by atoms with Gasteiger partial charge in [0.15, 0.2) is 17.0 Å². The lowest BCUT2D eigenvalue weighted by atomic mass is 9.80. The number of carbonyl (C=O) groups is 3. The van der Waals surface area contributed by atoms with Crippen LogP contribution in [0.3, 0.4) is 0 Å². The van der Waals surface area contributed by atoms with Crippen LogP contribution in [0.5, 0.6) is 17.2 Å². The van der Waals surface area contributed by atoms with Gasteiger partial charge in [-0.2, -0.15) is 0 Å². The van der Waals surface area contributed by atoms with Crippen molar-refractivity contribution < 1.29 is 48.7 Å².